The Kier molecular flexibility index (Phi) is 3.92. The summed E-state index contributed by atoms with van der Waals surface area (Å²) in [5.74, 6) is 0.689. The summed E-state index contributed by atoms with van der Waals surface area (Å²) in [7, 11) is 0. The number of benzene rings is 1. The van der Waals surface area contributed by atoms with E-state index in [1.807, 2.05) is 6.08 Å². The number of hydrogen-bond acceptors (Lipinski definition) is 1. The molecule has 0 atom stereocenters. The van der Waals surface area contributed by atoms with Gasteiger partial charge in [0, 0.05) is 17.0 Å². The highest BCUT2D eigenvalue weighted by molar-refractivity contribution is 5.93. The number of unbranched alkanes of at least 4 members (excludes halogenated alkanes) is 1. The second kappa shape index (κ2) is 5.85. The Balaban J connectivity index is 2.16. The molecule has 3 rings (SSSR count). The van der Waals surface area contributed by atoms with Crippen molar-refractivity contribution in [3.05, 3.63) is 59.8 Å². The van der Waals surface area contributed by atoms with E-state index in [9.17, 15) is 0 Å². The fourth-order valence-electron chi connectivity index (χ4n) is 3.11. The van der Waals surface area contributed by atoms with Crippen LogP contribution in [0, 0.1) is 6.92 Å². The summed E-state index contributed by atoms with van der Waals surface area (Å²) in [6.07, 6.45) is 9.01. The highest BCUT2D eigenvalue weighted by Crippen LogP contribution is 2.43. The number of nitrogens with zero attached hydrogens (tertiary/aromatic N) is 1. The van der Waals surface area contributed by atoms with Crippen molar-refractivity contribution in [1.82, 2.24) is 4.98 Å². The summed E-state index contributed by atoms with van der Waals surface area (Å²) < 4.78 is 0. The number of fused-ring (bicyclic) bond motifs is 1. The first kappa shape index (κ1) is 14.1. The Hall–Kier alpha value is -1.89. The first-order chi connectivity index (χ1) is 10.2. The summed E-state index contributed by atoms with van der Waals surface area (Å²) in [5, 5.41) is 1.28. The number of rotatable bonds is 5. The van der Waals surface area contributed by atoms with Crippen molar-refractivity contribution in [2.24, 2.45) is 0 Å². The van der Waals surface area contributed by atoms with Gasteiger partial charge in [-0.05, 0) is 62.3 Å². The van der Waals surface area contributed by atoms with E-state index in [2.05, 4.69) is 50.8 Å². The third kappa shape index (κ3) is 2.78. The lowest BCUT2D eigenvalue weighted by atomic mass is 9.93. The van der Waals surface area contributed by atoms with Crippen molar-refractivity contribution in [3.63, 3.8) is 0 Å². The molecule has 0 amide bonds. The fraction of sp³-hybridized carbons (Fsp3) is 0.350. The number of allylic oxidation sites excluding steroid dienone is 3. The highest BCUT2D eigenvalue weighted by Gasteiger charge is 2.28. The maximum atomic E-state index is 4.93. The van der Waals surface area contributed by atoms with E-state index in [4.69, 9.17) is 4.98 Å². The maximum absolute atomic E-state index is 4.93. The SMILES string of the molecule is C=CCC/C=C(\C)c1c(C)c(C2CC2)nc2ccccc12. The smallest absolute Gasteiger partial charge is 0.0711 e. The van der Waals surface area contributed by atoms with E-state index < -0.39 is 0 Å². The molecule has 1 aliphatic carbocycles. The molecule has 0 unspecified atom stereocenters. The van der Waals surface area contributed by atoms with Crippen LogP contribution in [0.2, 0.25) is 0 Å². The molecule has 1 saturated carbocycles. The van der Waals surface area contributed by atoms with E-state index in [1.54, 1.807) is 0 Å². The van der Waals surface area contributed by atoms with E-state index in [-0.39, 0.29) is 0 Å². The van der Waals surface area contributed by atoms with Gasteiger partial charge >= 0.3 is 0 Å². The van der Waals surface area contributed by atoms with Gasteiger partial charge in [-0.25, -0.2) is 0 Å². The molecule has 0 saturated heterocycles. The summed E-state index contributed by atoms with van der Waals surface area (Å²) >= 11 is 0. The summed E-state index contributed by atoms with van der Waals surface area (Å²) in [6, 6.07) is 8.54. The third-order valence-electron chi connectivity index (χ3n) is 4.35. The zero-order chi connectivity index (χ0) is 14.8. The molecule has 1 heterocycles. The number of para-hydroxylation sites is 1. The largest absolute Gasteiger partial charge is 0.252 e. The van der Waals surface area contributed by atoms with Gasteiger partial charge < -0.3 is 0 Å². The predicted molar refractivity (Wildman–Crippen MR) is 91.5 cm³/mol. The second-order valence-electron chi connectivity index (χ2n) is 6.04. The first-order valence-corrected chi connectivity index (χ1v) is 7.89. The zero-order valence-corrected chi connectivity index (χ0v) is 13.0. The third-order valence-corrected chi connectivity index (χ3v) is 4.35. The van der Waals surface area contributed by atoms with Crippen LogP contribution in [-0.4, -0.2) is 4.98 Å². The van der Waals surface area contributed by atoms with Crippen molar-refractivity contribution in [3.8, 4) is 0 Å². The molecule has 0 aliphatic heterocycles. The zero-order valence-electron chi connectivity index (χ0n) is 13.0. The van der Waals surface area contributed by atoms with Gasteiger partial charge in [0.25, 0.3) is 0 Å². The van der Waals surface area contributed by atoms with Crippen molar-refractivity contribution < 1.29 is 0 Å². The van der Waals surface area contributed by atoms with Crippen LogP contribution < -0.4 is 0 Å². The van der Waals surface area contributed by atoms with Crippen LogP contribution in [0.25, 0.3) is 16.5 Å². The molecule has 108 valence electrons. The molecular formula is C20H23N. The van der Waals surface area contributed by atoms with Gasteiger partial charge in [-0.1, -0.05) is 30.4 Å². The lowest BCUT2D eigenvalue weighted by Crippen LogP contribution is -1.99. The highest BCUT2D eigenvalue weighted by atomic mass is 14.7. The van der Waals surface area contributed by atoms with Crippen LogP contribution in [0.1, 0.15) is 55.3 Å². The Morgan fingerprint density at radius 2 is 2.05 bits per heavy atom. The average molecular weight is 277 g/mol. The van der Waals surface area contributed by atoms with Gasteiger partial charge in [0.15, 0.2) is 0 Å². The quantitative estimate of drug-likeness (QED) is 0.498. The molecule has 1 aromatic heterocycles. The topological polar surface area (TPSA) is 12.9 Å². The lowest BCUT2D eigenvalue weighted by molar-refractivity contribution is 1.01. The summed E-state index contributed by atoms with van der Waals surface area (Å²) in [5.41, 5.74) is 6.60. The fourth-order valence-corrected chi connectivity index (χ4v) is 3.11. The van der Waals surface area contributed by atoms with Crippen LogP contribution in [0.3, 0.4) is 0 Å². The van der Waals surface area contributed by atoms with Gasteiger partial charge in [0.2, 0.25) is 0 Å². The minimum atomic E-state index is 0.689. The summed E-state index contributed by atoms with van der Waals surface area (Å²) in [6.45, 7) is 8.28. The monoisotopic (exact) mass is 277 g/mol. The van der Waals surface area contributed by atoms with Gasteiger partial charge in [-0.15, -0.1) is 6.58 Å². The number of aromatic nitrogens is 1. The summed E-state index contributed by atoms with van der Waals surface area (Å²) in [4.78, 5) is 4.93. The minimum Gasteiger partial charge on any atom is -0.252 e. The number of pyridine rings is 1. The minimum absolute atomic E-state index is 0.689. The lowest BCUT2D eigenvalue weighted by Gasteiger charge is -2.15. The normalized spacial score (nSPS) is 15.4. The maximum Gasteiger partial charge on any atom is 0.0711 e. The van der Waals surface area contributed by atoms with Crippen LogP contribution in [-0.2, 0) is 0 Å². The Labute approximate surface area is 127 Å². The first-order valence-electron chi connectivity index (χ1n) is 7.89. The molecule has 0 radical (unpaired) electrons. The Morgan fingerprint density at radius 3 is 2.76 bits per heavy atom. The molecule has 2 aromatic rings. The van der Waals surface area contributed by atoms with E-state index >= 15 is 0 Å². The van der Waals surface area contributed by atoms with Crippen molar-refractivity contribution >= 4 is 16.5 Å². The average Bonchev–Trinajstić information content (AvgIpc) is 3.31. The van der Waals surface area contributed by atoms with E-state index in [0.717, 1.165) is 18.4 Å². The Morgan fingerprint density at radius 1 is 1.29 bits per heavy atom. The van der Waals surface area contributed by atoms with Crippen molar-refractivity contribution in [2.75, 3.05) is 0 Å². The van der Waals surface area contributed by atoms with Gasteiger partial charge in [0.1, 0.15) is 0 Å². The van der Waals surface area contributed by atoms with Crippen LogP contribution in [0.4, 0.5) is 0 Å². The van der Waals surface area contributed by atoms with Gasteiger partial charge in [-0.2, -0.15) is 0 Å². The van der Waals surface area contributed by atoms with Crippen molar-refractivity contribution in [2.45, 2.75) is 45.4 Å². The van der Waals surface area contributed by atoms with E-state index in [0.29, 0.717) is 5.92 Å². The molecule has 0 spiro atoms. The molecular weight excluding hydrogens is 254 g/mol. The molecule has 1 fully saturated rings. The van der Waals surface area contributed by atoms with Crippen LogP contribution in [0.5, 0.6) is 0 Å². The Bertz CT molecular complexity index is 705. The molecule has 1 aliphatic rings. The standard InChI is InChI=1S/C20H23N/c1-4-5-6-9-14(2)19-15(3)20(16-12-13-16)21-18-11-8-7-10-17(18)19/h4,7-11,16H,1,5-6,12-13H2,2-3H3/b14-9+. The molecule has 0 N–H and O–H groups in total. The molecule has 1 aromatic carbocycles. The van der Waals surface area contributed by atoms with E-state index in [1.165, 1.54) is 40.6 Å². The van der Waals surface area contributed by atoms with Crippen LogP contribution in [0.15, 0.2) is 43.0 Å². The van der Waals surface area contributed by atoms with Gasteiger partial charge in [0.05, 0.1) is 5.52 Å². The molecule has 0 bridgehead atoms. The molecule has 21 heavy (non-hydrogen) atoms. The molecule has 1 nitrogen and oxygen atoms in total. The van der Waals surface area contributed by atoms with Crippen molar-refractivity contribution in [1.29, 1.82) is 0 Å². The second-order valence-corrected chi connectivity index (χ2v) is 6.04. The van der Waals surface area contributed by atoms with Crippen LogP contribution >= 0.6 is 0 Å². The molecule has 1 heteroatoms. The van der Waals surface area contributed by atoms with Gasteiger partial charge in [-0.3, -0.25) is 4.98 Å². The predicted octanol–water partition coefficient (Wildman–Crippen LogP) is 5.79. The number of hydrogen-bond donors (Lipinski definition) is 0.